The van der Waals surface area contributed by atoms with E-state index in [1.54, 1.807) is 12.1 Å². The van der Waals surface area contributed by atoms with Crippen molar-refractivity contribution in [3.05, 3.63) is 29.8 Å². The van der Waals surface area contributed by atoms with Crippen LogP contribution in [0, 0.1) is 6.92 Å². The molecule has 0 saturated carbocycles. The minimum Gasteiger partial charge on any atom is -0.415 e. The van der Waals surface area contributed by atoms with E-state index in [9.17, 15) is 13.5 Å². The number of hydrogen-bond donors (Lipinski definition) is 2. The lowest BCUT2D eigenvalue weighted by Gasteiger charge is -2.44. The van der Waals surface area contributed by atoms with Crippen molar-refractivity contribution in [2.24, 2.45) is 0 Å². The average molecular weight is 700 g/mol. The Morgan fingerprint density at radius 3 is 1.61 bits per heavy atom. The van der Waals surface area contributed by atoms with E-state index in [-0.39, 0.29) is 21.6 Å². The second kappa shape index (κ2) is 19.6. The summed E-state index contributed by atoms with van der Waals surface area (Å²) in [5.74, 6) is 0. The number of sulfonamides is 1. The van der Waals surface area contributed by atoms with Crippen molar-refractivity contribution in [2.45, 2.75) is 198 Å². The zero-order chi connectivity index (χ0) is 35.2. The van der Waals surface area contributed by atoms with Crippen LogP contribution in [0.1, 0.15) is 138 Å². The molecule has 0 spiro atoms. The van der Waals surface area contributed by atoms with Crippen LogP contribution in [-0.4, -0.2) is 55.0 Å². The monoisotopic (exact) mass is 699 g/mol. The number of unbranched alkanes of at least 4 members (excludes halogenated alkanes) is 11. The van der Waals surface area contributed by atoms with Crippen molar-refractivity contribution in [3.8, 4) is 0 Å². The summed E-state index contributed by atoms with van der Waals surface area (Å²) in [6.07, 6.45) is 14.0. The molecule has 0 amide bonds. The topological polar surface area (TPSA) is 84.9 Å². The van der Waals surface area contributed by atoms with Gasteiger partial charge in [0.15, 0.2) is 16.6 Å². The maximum absolute atomic E-state index is 13.8. The molecule has 2 N–H and O–H groups in total. The second-order valence-corrected chi connectivity index (χ2v) is 28.0. The Balaban J connectivity index is 3.11. The summed E-state index contributed by atoms with van der Waals surface area (Å²) in [7, 11) is -8.50. The van der Waals surface area contributed by atoms with Gasteiger partial charge in [-0.3, -0.25) is 0 Å². The molecule has 0 radical (unpaired) electrons. The fourth-order valence-corrected chi connectivity index (χ4v) is 8.62. The number of aliphatic hydroxyl groups is 1. The van der Waals surface area contributed by atoms with E-state index >= 15 is 0 Å². The third-order valence-electron chi connectivity index (χ3n) is 10.4. The van der Waals surface area contributed by atoms with Gasteiger partial charge in [0.25, 0.3) is 0 Å². The predicted octanol–water partition coefficient (Wildman–Crippen LogP) is 10.5. The summed E-state index contributed by atoms with van der Waals surface area (Å²) < 4.78 is 44.0. The summed E-state index contributed by atoms with van der Waals surface area (Å²) in [4.78, 5) is 0.206. The Labute approximate surface area is 287 Å². The number of rotatable bonds is 23. The third kappa shape index (κ3) is 15.3. The van der Waals surface area contributed by atoms with E-state index in [1.165, 1.54) is 57.8 Å². The third-order valence-corrected chi connectivity index (χ3v) is 20.9. The van der Waals surface area contributed by atoms with Crippen LogP contribution in [0.5, 0.6) is 0 Å². The van der Waals surface area contributed by atoms with Crippen LogP contribution < -0.4 is 4.72 Å². The number of aliphatic hydroxyl groups excluding tert-OH is 1. The van der Waals surface area contributed by atoms with Crippen LogP contribution in [-0.2, 0) is 18.9 Å². The fourth-order valence-electron chi connectivity index (χ4n) is 5.00. The number of benzene rings is 1. The highest BCUT2D eigenvalue weighted by Gasteiger charge is 2.45. The SMILES string of the molecule is CCCCCCCCCCCCCC[C@@H](O)[C@@H](O[Si](C)(C)C(C)(C)C)[C@H](CO[Si](C)(C)C(C)(C)C)NS(=O)(=O)c1ccc(C)cc1. The maximum Gasteiger partial charge on any atom is 0.240 e. The number of nitrogens with one attached hydrogen (secondary N) is 1. The molecule has 0 bridgehead atoms. The second-order valence-electron chi connectivity index (χ2n) is 16.7. The molecule has 0 heterocycles. The molecule has 9 heteroatoms. The van der Waals surface area contributed by atoms with Gasteiger partial charge >= 0.3 is 0 Å². The fraction of sp³-hybridized carbons (Fsp3) is 0.838. The van der Waals surface area contributed by atoms with Gasteiger partial charge in [0.1, 0.15) is 0 Å². The lowest BCUT2D eigenvalue weighted by molar-refractivity contribution is -0.00692. The largest absolute Gasteiger partial charge is 0.415 e. The molecule has 0 fully saturated rings. The summed E-state index contributed by atoms with van der Waals surface area (Å²) >= 11 is 0. The van der Waals surface area contributed by atoms with E-state index in [1.807, 2.05) is 19.1 Å². The van der Waals surface area contributed by atoms with E-state index in [2.05, 4.69) is 79.4 Å². The van der Waals surface area contributed by atoms with Gasteiger partial charge < -0.3 is 14.0 Å². The lowest BCUT2D eigenvalue weighted by atomic mass is 10.00. The average Bonchev–Trinajstić information content (AvgIpc) is 2.93. The van der Waals surface area contributed by atoms with E-state index in [0.29, 0.717) is 6.42 Å². The van der Waals surface area contributed by atoms with Crippen molar-refractivity contribution in [1.29, 1.82) is 0 Å². The zero-order valence-corrected chi connectivity index (χ0v) is 34.7. The molecular weight excluding hydrogens is 627 g/mol. The summed E-state index contributed by atoms with van der Waals surface area (Å²) in [5.41, 5.74) is 0.994. The first-order valence-corrected chi connectivity index (χ1v) is 25.5. The van der Waals surface area contributed by atoms with Gasteiger partial charge in [-0.25, -0.2) is 13.1 Å². The predicted molar refractivity (Wildman–Crippen MR) is 202 cm³/mol. The van der Waals surface area contributed by atoms with Crippen LogP contribution in [0.25, 0.3) is 0 Å². The normalized spacial score (nSPS) is 15.6. The molecule has 0 aliphatic carbocycles. The first kappa shape index (κ1) is 43.5. The summed E-state index contributed by atoms with van der Waals surface area (Å²) in [6.45, 7) is 26.1. The van der Waals surface area contributed by atoms with Crippen LogP contribution in [0.2, 0.25) is 36.3 Å². The minimum absolute atomic E-state index is 0.0448. The summed E-state index contributed by atoms with van der Waals surface area (Å²) in [5, 5.41) is 11.6. The van der Waals surface area contributed by atoms with Gasteiger partial charge in [-0.1, -0.05) is 143 Å². The molecule has 270 valence electrons. The van der Waals surface area contributed by atoms with Gasteiger partial charge in [-0.2, -0.15) is 0 Å². The van der Waals surface area contributed by atoms with Crippen molar-refractivity contribution < 1.29 is 22.4 Å². The van der Waals surface area contributed by atoms with Gasteiger partial charge in [0.05, 0.1) is 29.8 Å². The van der Waals surface area contributed by atoms with Crippen molar-refractivity contribution in [2.75, 3.05) is 6.61 Å². The van der Waals surface area contributed by atoms with E-state index < -0.39 is 44.9 Å². The molecule has 0 unspecified atom stereocenters. The summed E-state index contributed by atoms with van der Waals surface area (Å²) in [6, 6.07) is 6.15. The van der Waals surface area contributed by atoms with Gasteiger partial charge in [0.2, 0.25) is 10.0 Å². The van der Waals surface area contributed by atoms with Crippen LogP contribution in [0.15, 0.2) is 29.2 Å². The molecule has 6 nitrogen and oxygen atoms in total. The molecule has 1 aromatic rings. The lowest BCUT2D eigenvalue weighted by Crippen LogP contribution is -2.58. The van der Waals surface area contributed by atoms with Crippen molar-refractivity contribution in [3.63, 3.8) is 0 Å². The zero-order valence-electron chi connectivity index (χ0n) is 31.9. The van der Waals surface area contributed by atoms with Crippen molar-refractivity contribution >= 4 is 26.7 Å². The minimum atomic E-state index is -3.89. The Morgan fingerprint density at radius 1 is 0.739 bits per heavy atom. The standard InChI is InChI=1S/C37H73NO5SSi2/c1-13-14-15-16-17-18-19-20-21-22-23-24-25-34(39)35(43-46(11,12)37(6,7)8)33(30-42-45(9,10)36(3,4)5)38-44(40,41)32-28-26-31(2)27-29-32/h26-29,33-35,38-39H,13-25,30H2,1-12H3/t33-,34+,35-/m0/s1. The molecule has 1 aromatic carbocycles. The maximum atomic E-state index is 13.8. The molecule has 0 aliphatic heterocycles. The highest BCUT2D eigenvalue weighted by molar-refractivity contribution is 7.89. The van der Waals surface area contributed by atoms with Crippen LogP contribution in [0.4, 0.5) is 0 Å². The number of aryl methyl sites for hydroxylation is 1. The first-order valence-electron chi connectivity index (χ1n) is 18.2. The highest BCUT2D eigenvalue weighted by atomic mass is 32.2. The Hall–Kier alpha value is -0.556. The quantitative estimate of drug-likeness (QED) is 0.0877. The Kier molecular flexibility index (Phi) is 18.5. The molecule has 0 aliphatic rings. The van der Waals surface area contributed by atoms with Crippen LogP contribution >= 0.6 is 0 Å². The molecule has 46 heavy (non-hydrogen) atoms. The number of hydrogen-bond acceptors (Lipinski definition) is 5. The van der Waals surface area contributed by atoms with Gasteiger partial charge in [-0.05, 0) is 61.7 Å². The van der Waals surface area contributed by atoms with Crippen LogP contribution in [0.3, 0.4) is 0 Å². The Bertz CT molecular complexity index is 1080. The van der Waals surface area contributed by atoms with Gasteiger partial charge in [0, 0.05) is 0 Å². The molecule has 3 atom stereocenters. The smallest absolute Gasteiger partial charge is 0.240 e. The van der Waals surface area contributed by atoms with E-state index in [0.717, 1.165) is 24.8 Å². The molecule has 0 saturated heterocycles. The van der Waals surface area contributed by atoms with Crippen molar-refractivity contribution in [1.82, 2.24) is 4.72 Å². The molecule has 0 aromatic heterocycles. The molecular formula is C37H73NO5SSi2. The van der Waals surface area contributed by atoms with Gasteiger partial charge in [-0.15, -0.1) is 0 Å². The first-order chi connectivity index (χ1) is 21.1. The highest BCUT2D eigenvalue weighted by Crippen LogP contribution is 2.40. The molecule has 1 rings (SSSR count). The Morgan fingerprint density at radius 2 is 1.17 bits per heavy atom. The van der Waals surface area contributed by atoms with E-state index in [4.69, 9.17) is 8.85 Å².